The van der Waals surface area contributed by atoms with Gasteiger partial charge in [0.25, 0.3) is 0 Å². The van der Waals surface area contributed by atoms with E-state index in [1.165, 1.54) is 12.1 Å². The summed E-state index contributed by atoms with van der Waals surface area (Å²) in [6.07, 6.45) is 0.230. The second-order valence-corrected chi connectivity index (χ2v) is 3.25. The van der Waals surface area contributed by atoms with Gasteiger partial charge in [0.2, 0.25) is 0 Å². The third kappa shape index (κ3) is 2.02. The van der Waals surface area contributed by atoms with Gasteiger partial charge in [-0.2, -0.15) is 0 Å². The number of aromatic hydroxyl groups is 1. The van der Waals surface area contributed by atoms with E-state index in [-0.39, 0.29) is 24.3 Å². The molecule has 0 amide bonds. The first-order valence-corrected chi connectivity index (χ1v) is 4.42. The smallest absolute Gasteiger partial charge is 0.131 e. The number of rotatable bonds is 3. The zero-order chi connectivity index (χ0) is 10.7. The zero-order valence-electron chi connectivity index (χ0n) is 8.00. The van der Waals surface area contributed by atoms with Crippen molar-refractivity contribution < 1.29 is 14.6 Å². The Kier molecular flexibility index (Phi) is 3.43. The Labute approximate surface area is 82.0 Å². The molecule has 1 aromatic carbocycles. The molecule has 4 heteroatoms. The van der Waals surface area contributed by atoms with Crippen LogP contribution in [-0.2, 0) is 0 Å². The van der Waals surface area contributed by atoms with Crippen molar-refractivity contribution in [3.8, 4) is 5.75 Å². The molecular formula is C10H14FNO2. The minimum atomic E-state index is -0.667. The summed E-state index contributed by atoms with van der Waals surface area (Å²) >= 11 is 0. The van der Waals surface area contributed by atoms with Crippen molar-refractivity contribution in [1.29, 1.82) is 0 Å². The number of aryl methyl sites for hydroxylation is 1. The van der Waals surface area contributed by atoms with E-state index >= 15 is 0 Å². The van der Waals surface area contributed by atoms with E-state index in [1.54, 1.807) is 6.92 Å². The third-order valence-electron chi connectivity index (χ3n) is 2.18. The number of hydrogen-bond donors (Lipinski definition) is 3. The van der Waals surface area contributed by atoms with Gasteiger partial charge in [-0.1, -0.05) is 6.07 Å². The van der Waals surface area contributed by atoms with Crippen molar-refractivity contribution in [2.75, 3.05) is 6.61 Å². The fourth-order valence-electron chi connectivity index (χ4n) is 1.33. The molecule has 0 aromatic heterocycles. The van der Waals surface area contributed by atoms with Gasteiger partial charge >= 0.3 is 0 Å². The van der Waals surface area contributed by atoms with Crippen molar-refractivity contribution in [2.45, 2.75) is 19.4 Å². The molecule has 0 bridgehead atoms. The number of phenolic OH excluding ortho intramolecular Hbond substituents is 1. The second-order valence-electron chi connectivity index (χ2n) is 3.25. The van der Waals surface area contributed by atoms with Gasteiger partial charge in [-0.25, -0.2) is 4.39 Å². The molecule has 0 saturated carbocycles. The molecule has 1 rings (SSSR count). The summed E-state index contributed by atoms with van der Waals surface area (Å²) in [5.41, 5.74) is 6.28. The Morgan fingerprint density at radius 2 is 2.14 bits per heavy atom. The van der Waals surface area contributed by atoms with Crippen LogP contribution in [0.2, 0.25) is 0 Å². The number of aliphatic hydroxyl groups excluding tert-OH is 1. The molecule has 3 nitrogen and oxygen atoms in total. The van der Waals surface area contributed by atoms with E-state index in [1.807, 2.05) is 0 Å². The van der Waals surface area contributed by atoms with Gasteiger partial charge < -0.3 is 15.9 Å². The second kappa shape index (κ2) is 4.39. The summed E-state index contributed by atoms with van der Waals surface area (Å²) in [5.74, 6) is -0.653. The Balaban J connectivity index is 3.11. The summed E-state index contributed by atoms with van der Waals surface area (Å²) in [4.78, 5) is 0. The van der Waals surface area contributed by atoms with Crippen LogP contribution in [0.4, 0.5) is 4.39 Å². The van der Waals surface area contributed by atoms with Crippen LogP contribution in [0.25, 0.3) is 0 Å². The summed E-state index contributed by atoms with van der Waals surface area (Å²) in [6.45, 7) is 1.54. The van der Waals surface area contributed by atoms with Gasteiger partial charge in [0, 0.05) is 18.2 Å². The van der Waals surface area contributed by atoms with Crippen LogP contribution in [0, 0.1) is 12.7 Å². The minimum absolute atomic E-state index is 0.0825. The number of hydrogen-bond acceptors (Lipinski definition) is 3. The largest absolute Gasteiger partial charge is 0.507 e. The lowest BCUT2D eigenvalue weighted by Crippen LogP contribution is -2.14. The molecule has 0 aliphatic carbocycles. The molecule has 1 atom stereocenters. The molecule has 0 radical (unpaired) electrons. The molecule has 4 N–H and O–H groups in total. The first-order chi connectivity index (χ1) is 6.57. The molecule has 0 heterocycles. The molecule has 0 spiro atoms. The fourth-order valence-corrected chi connectivity index (χ4v) is 1.33. The summed E-state index contributed by atoms with van der Waals surface area (Å²) in [5, 5.41) is 18.2. The predicted octanol–water partition coefficient (Wildman–Crippen LogP) is 1.22. The number of benzene rings is 1. The van der Waals surface area contributed by atoms with E-state index in [0.717, 1.165) is 0 Å². The maximum Gasteiger partial charge on any atom is 0.131 e. The molecule has 0 fully saturated rings. The maximum atomic E-state index is 13.3. The molecule has 0 saturated heterocycles. The quantitative estimate of drug-likeness (QED) is 0.685. The summed E-state index contributed by atoms with van der Waals surface area (Å²) in [6, 6.07) is 2.08. The number of halogens is 1. The first-order valence-electron chi connectivity index (χ1n) is 4.42. The molecule has 0 aliphatic rings. The number of aliphatic hydroxyl groups is 1. The van der Waals surface area contributed by atoms with Crippen LogP contribution in [0.3, 0.4) is 0 Å². The van der Waals surface area contributed by atoms with Gasteiger partial charge in [0.05, 0.1) is 0 Å². The normalized spacial score (nSPS) is 12.9. The van der Waals surface area contributed by atoms with Crippen LogP contribution in [-0.4, -0.2) is 16.8 Å². The van der Waals surface area contributed by atoms with E-state index in [0.29, 0.717) is 5.56 Å². The number of nitrogens with two attached hydrogens (primary N) is 1. The maximum absolute atomic E-state index is 13.3. The monoisotopic (exact) mass is 199 g/mol. The SMILES string of the molecule is Cc1ccc(F)c(C(N)CCO)c1O. The summed E-state index contributed by atoms with van der Waals surface area (Å²) in [7, 11) is 0. The van der Waals surface area contributed by atoms with E-state index < -0.39 is 11.9 Å². The highest BCUT2D eigenvalue weighted by Gasteiger charge is 2.16. The van der Waals surface area contributed by atoms with Crippen LogP contribution in [0.5, 0.6) is 5.75 Å². The standard InChI is InChI=1S/C10H14FNO2/c1-6-2-3-7(11)9(10(6)14)8(12)4-5-13/h2-3,8,13-14H,4-5,12H2,1H3. The Morgan fingerprint density at radius 1 is 1.50 bits per heavy atom. The lowest BCUT2D eigenvalue weighted by atomic mass is 10.0. The molecule has 1 aromatic rings. The van der Waals surface area contributed by atoms with Crippen LogP contribution >= 0.6 is 0 Å². The van der Waals surface area contributed by atoms with Crippen LogP contribution in [0.15, 0.2) is 12.1 Å². The molecule has 0 aliphatic heterocycles. The zero-order valence-corrected chi connectivity index (χ0v) is 8.00. The highest BCUT2D eigenvalue weighted by molar-refractivity contribution is 5.42. The fraction of sp³-hybridized carbons (Fsp3) is 0.400. The highest BCUT2D eigenvalue weighted by Crippen LogP contribution is 2.30. The van der Waals surface area contributed by atoms with Gasteiger partial charge in [0.15, 0.2) is 0 Å². The van der Waals surface area contributed by atoms with E-state index in [9.17, 15) is 9.50 Å². The van der Waals surface area contributed by atoms with Crippen LogP contribution < -0.4 is 5.73 Å². The Morgan fingerprint density at radius 3 is 2.71 bits per heavy atom. The van der Waals surface area contributed by atoms with Gasteiger partial charge in [-0.15, -0.1) is 0 Å². The van der Waals surface area contributed by atoms with Crippen molar-refractivity contribution in [2.24, 2.45) is 5.73 Å². The van der Waals surface area contributed by atoms with Crippen molar-refractivity contribution in [3.05, 3.63) is 29.1 Å². The van der Waals surface area contributed by atoms with Gasteiger partial charge in [-0.05, 0) is 25.0 Å². The average molecular weight is 199 g/mol. The van der Waals surface area contributed by atoms with Crippen molar-refractivity contribution >= 4 is 0 Å². The van der Waals surface area contributed by atoms with E-state index in [2.05, 4.69) is 0 Å². The van der Waals surface area contributed by atoms with Crippen LogP contribution in [0.1, 0.15) is 23.6 Å². The molecular weight excluding hydrogens is 185 g/mol. The Hall–Kier alpha value is -1.13. The van der Waals surface area contributed by atoms with Crippen molar-refractivity contribution in [3.63, 3.8) is 0 Å². The average Bonchev–Trinajstić information content (AvgIpc) is 2.13. The molecule has 78 valence electrons. The molecule has 1 unspecified atom stereocenters. The van der Waals surface area contributed by atoms with Gasteiger partial charge in [0.1, 0.15) is 11.6 Å². The lowest BCUT2D eigenvalue weighted by molar-refractivity contribution is 0.274. The number of phenols is 1. The molecule has 14 heavy (non-hydrogen) atoms. The lowest BCUT2D eigenvalue weighted by Gasteiger charge is -2.14. The predicted molar refractivity (Wildman–Crippen MR) is 51.4 cm³/mol. The highest BCUT2D eigenvalue weighted by atomic mass is 19.1. The topological polar surface area (TPSA) is 66.5 Å². The van der Waals surface area contributed by atoms with E-state index in [4.69, 9.17) is 10.8 Å². The first kappa shape index (κ1) is 10.9. The third-order valence-corrected chi connectivity index (χ3v) is 2.18. The van der Waals surface area contributed by atoms with Crippen molar-refractivity contribution in [1.82, 2.24) is 0 Å². The summed E-state index contributed by atoms with van der Waals surface area (Å²) < 4.78 is 13.3. The Bertz CT molecular complexity index is 328. The van der Waals surface area contributed by atoms with Gasteiger partial charge in [-0.3, -0.25) is 0 Å². The minimum Gasteiger partial charge on any atom is -0.507 e.